The molecule has 0 heterocycles. The van der Waals surface area contributed by atoms with E-state index in [2.05, 4.69) is 38.5 Å². The molecule has 2 rings (SSSR count). The van der Waals surface area contributed by atoms with Gasteiger partial charge >= 0.3 is 0 Å². The molecule has 0 aliphatic rings. The van der Waals surface area contributed by atoms with Gasteiger partial charge in [-0.1, -0.05) is 28.1 Å². The first-order chi connectivity index (χ1) is 7.66. The van der Waals surface area contributed by atoms with E-state index in [9.17, 15) is 0 Å². The second-order valence-electron chi connectivity index (χ2n) is 3.21. The fourth-order valence-electron chi connectivity index (χ4n) is 1.24. The lowest BCUT2D eigenvalue weighted by molar-refractivity contribution is 0.481. The van der Waals surface area contributed by atoms with E-state index >= 15 is 0 Å². The van der Waals surface area contributed by atoms with Crippen LogP contribution in [0.4, 0.5) is 5.69 Å². The van der Waals surface area contributed by atoms with Crippen LogP contribution in [0, 0.1) is 3.57 Å². The van der Waals surface area contributed by atoms with Gasteiger partial charge in [0.15, 0.2) is 5.75 Å². The van der Waals surface area contributed by atoms with Gasteiger partial charge in [0.1, 0.15) is 5.75 Å². The van der Waals surface area contributed by atoms with Gasteiger partial charge in [0.25, 0.3) is 0 Å². The van der Waals surface area contributed by atoms with Crippen molar-refractivity contribution in [3.8, 4) is 11.5 Å². The molecule has 0 atom stereocenters. The highest BCUT2D eigenvalue weighted by molar-refractivity contribution is 14.1. The van der Waals surface area contributed by atoms with Crippen molar-refractivity contribution in [1.29, 1.82) is 0 Å². The van der Waals surface area contributed by atoms with Crippen molar-refractivity contribution < 1.29 is 4.74 Å². The minimum absolute atomic E-state index is 0.628. The summed E-state index contributed by atoms with van der Waals surface area (Å²) in [4.78, 5) is 0. The quantitative estimate of drug-likeness (QED) is 0.609. The fraction of sp³-hybridized carbons (Fsp3) is 0. The zero-order valence-corrected chi connectivity index (χ0v) is 12.0. The molecule has 0 saturated carbocycles. The largest absolute Gasteiger partial charge is 0.454 e. The van der Waals surface area contributed by atoms with E-state index in [1.807, 2.05) is 42.5 Å². The minimum Gasteiger partial charge on any atom is -0.454 e. The van der Waals surface area contributed by atoms with Crippen LogP contribution in [-0.4, -0.2) is 0 Å². The maximum atomic E-state index is 5.84. The Labute approximate surface area is 116 Å². The highest BCUT2D eigenvalue weighted by Crippen LogP contribution is 2.32. The summed E-state index contributed by atoms with van der Waals surface area (Å²) >= 11 is 5.62. The van der Waals surface area contributed by atoms with Crippen LogP contribution in [0.15, 0.2) is 46.9 Å². The normalized spacial score (nSPS) is 10.1. The van der Waals surface area contributed by atoms with Crippen LogP contribution >= 0.6 is 38.5 Å². The molecule has 82 valence electrons. The van der Waals surface area contributed by atoms with Gasteiger partial charge in [-0.3, -0.25) is 0 Å². The highest BCUT2D eigenvalue weighted by atomic mass is 127. The molecule has 2 aromatic rings. The summed E-state index contributed by atoms with van der Waals surface area (Å²) in [6.07, 6.45) is 0. The SMILES string of the molecule is Nc1ccc(Br)cc1Oc1ccccc1I. The third kappa shape index (κ3) is 2.68. The second kappa shape index (κ2) is 5.05. The standard InChI is InChI=1S/C12H9BrINO/c13-8-5-6-10(15)12(7-8)16-11-4-2-1-3-9(11)14/h1-7H,15H2. The number of benzene rings is 2. The molecular formula is C12H9BrINO. The molecule has 0 aromatic heterocycles. The van der Waals surface area contributed by atoms with Crippen molar-refractivity contribution in [1.82, 2.24) is 0 Å². The predicted octanol–water partition coefficient (Wildman–Crippen LogP) is 4.43. The second-order valence-corrected chi connectivity index (χ2v) is 5.29. The van der Waals surface area contributed by atoms with Gasteiger partial charge in [0, 0.05) is 4.47 Å². The van der Waals surface area contributed by atoms with Gasteiger partial charge in [-0.15, -0.1) is 0 Å². The average Bonchev–Trinajstić information content (AvgIpc) is 2.27. The Kier molecular flexibility index (Phi) is 3.70. The van der Waals surface area contributed by atoms with Crippen molar-refractivity contribution in [2.24, 2.45) is 0 Å². The molecule has 0 aliphatic heterocycles. The molecule has 0 amide bonds. The van der Waals surface area contributed by atoms with Crippen LogP contribution in [0.3, 0.4) is 0 Å². The first kappa shape index (κ1) is 11.7. The topological polar surface area (TPSA) is 35.2 Å². The summed E-state index contributed by atoms with van der Waals surface area (Å²) in [7, 11) is 0. The summed E-state index contributed by atoms with van der Waals surface area (Å²) in [5.41, 5.74) is 6.47. The van der Waals surface area contributed by atoms with Gasteiger partial charge in [-0.25, -0.2) is 0 Å². The monoisotopic (exact) mass is 389 g/mol. The van der Waals surface area contributed by atoms with Crippen LogP contribution in [0.2, 0.25) is 0 Å². The summed E-state index contributed by atoms with van der Waals surface area (Å²) in [6.45, 7) is 0. The number of para-hydroxylation sites is 1. The Bertz CT molecular complexity index is 516. The third-order valence-electron chi connectivity index (χ3n) is 2.03. The Morgan fingerprint density at radius 2 is 1.81 bits per heavy atom. The Morgan fingerprint density at radius 3 is 2.56 bits per heavy atom. The lowest BCUT2D eigenvalue weighted by atomic mass is 10.3. The van der Waals surface area contributed by atoms with Crippen LogP contribution in [0.1, 0.15) is 0 Å². The van der Waals surface area contributed by atoms with Gasteiger partial charge in [0.2, 0.25) is 0 Å². The number of ether oxygens (including phenoxy) is 1. The molecule has 0 saturated heterocycles. The van der Waals surface area contributed by atoms with Crippen molar-refractivity contribution in [3.05, 3.63) is 50.5 Å². The fourth-order valence-corrected chi connectivity index (χ4v) is 2.08. The van der Waals surface area contributed by atoms with E-state index in [1.54, 1.807) is 0 Å². The lowest BCUT2D eigenvalue weighted by Crippen LogP contribution is -1.93. The van der Waals surface area contributed by atoms with Crippen molar-refractivity contribution in [2.75, 3.05) is 5.73 Å². The summed E-state index contributed by atoms with van der Waals surface area (Å²) in [5.74, 6) is 1.48. The van der Waals surface area contributed by atoms with E-state index in [0.29, 0.717) is 11.4 Å². The summed E-state index contributed by atoms with van der Waals surface area (Å²) in [6, 6.07) is 13.4. The van der Waals surface area contributed by atoms with Gasteiger partial charge < -0.3 is 10.5 Å². The first-order valence-corrected chi connectivity index (χ1v) is 6.51. The number of nitrogens with two attached hydrogens (primary N) is 1. The number of hydrogen-bond donors (Lipinski definition) is 1. The molecule has 2 aromatic carbocycles. The van der Waals surface area contributed by atoms with Crippen molar-refractivity contribution in [3.63, 3.8) is 0 Å². The Balaban J connectivity index is 2.34. The van der Waals surface area contributed by atoms with Gasteiger partial charge in [-0.2, -0.15) is 0 Å². The molecule has 0 bridgehead atoms. The number of halogens is 2. The number of rotatable bonds is 2. The van der Waals surface area contributed by atoms with Crippen molar-refractivity contribution in [2.45, 2.75) is 0 Å². The molecule has 0 spiro atoms. The van der Waals surface area contributed by atoms with E-state index in [1.165, 1.54) is 0 Å². The Hall–Kier alpha value is -0.750. The van der Waals surface area contributed by atoms with Crippen LogP contribution in [0.25, 0.3) is 0 Å². The molecule has 0 unspecified atom stereocenters. The lowest BCUT2D eigenvalue weighted by Gasteiger charge is -2.10. The van der Waals surface area contributed by atoms with E-state index in [0.717, 1.165) is 13.8 Å². The van der Waals surface area contributed by atoms with Crippen LogP contribution < -0.4 is 10.5 Å². The molecule has 16 heavy (non-hydrogen) atoms. The Morgan fingerprint density at radius 1 is 1.06 bits per heavy atom. The van der Waals surface area contributed by atoms with Crippen LogP contribution in [0.5, 0.6) is 11.5 Å². The highest BCUT2D eigenvalue weighted by Gasteiger charge is 2.05. The van der Waals surface area contributed by atoms with Crippen molar-refractivity contribution >= 4 is 44.2 Å². The number of anilines is 1. The van der Waals surface area contributed by atoms with E-state index in [-0.39, 0.29) is 0 Å². The number of nitrogen functional groups attached to an aromatic ring is 1. The molecular weight excluding hydrogens is 381 g/mol. The van der Waals surface area contributed by atoms with E-state index < -0.39 is 0 Å². The van der Waals surface area contributed by atoms with Gasteiger partial charge in [0.05, 0.1) is 9.26 Å². The molecule has 0 fully saturated rings. The maximum absolute atomic E-state index is 5.84. The molecule has 0 radical (unpaired) electrons. The number of hydrogen-bond acceptors (Lipinski definition) is 2. The zero-order chi connectivity index (χ0) is 11.5. The summed E-state index contributed by atoms with van der Waals surface area (Å²) < 4.78 is 7.76. The zero-order valence-electron chi connectivity index (χ0n) is 8.28. The third-order valence-corrected chi connectivity index (χ3v) is 3.42. The molecule has 4 heteroatoms. The molecule has 0 aliphatic carbocycles. The smallest absolute Gasteiger partial charge is 0.151 e. The maximum Gasteiger partial charge on any atom is 0.151 e. The van der Waals surface area contributed by atoms with E-state index in [4.69, 9.17) is 10.5 Å². The average molecular weight is 390 g/mol. The molecule has 2 nitrogen and oxygen atoms in total. The first-order valence-electron chi connectivity index (χ1n) is 4.64. The minimum atomic E-state index is 0.628. The summed E-state index contributed by atoms with van der Waals surface area (Å²) in [5, 5.41) is 0. The van der Waals surface area contributed by atoms with Gasteiger partial charge in [-0.05, 0) is 52.9 Å². The molecule has 2 N–H and O–H groups in total. The predicted molar refractivity (Wildman–Crippen MR) is 77.8 cm³/mol. The van der Waals surface area contributed by atoms with Crippen LogP contribution in [-0.2, 0) is 0 Å².